The van der Waals surface area contributed by atoms with Gasteiger partial charge in [0.2, 0.25) is 5.91 Å². The maximum Gasteiger partial charge on any atom is 0.295 e. The summed E-state index contributed by atoms with van der Waals surface area (Å²) in [5.41, 5.74) is 2.66. The number of hydrogen-bond acceptors (Lipinski definition) is 3. The Kier molecular flexibility index (Phi) is 4.20. The van der Waals surface area contributed by atoms with Crippen molar-refractivity contribution in [3.63, 3.8) is 0 Å². The fourth-order valence-corrected chi connectivity index (χ4v) is 4.53. The van der Waals surface area contributed by atoms with Crippen molar-refractivity contribution in [2.45, 2.75) is 17.7 Å². The van der Waals surface area contributed by atoms with E-state index < -0.39 is 0 Å². The molecule has 0 saturated carbocycles. The fraction of sp³-hybridized carbons (Fsp3) is 0.200. The van der Waals surface area contributed by atoms with Crippen molar-refractivity contribution in [1.82, 2.24) is 9.36 Å². The van der Waals surface area contributed by atoms with E-state index >= 15 is 0 Å². The smallest absolute Gasteiger partial charge is 0.295 e. The number of thioether (sulfide) groups is 1. The first-order chi connectivity index (χ1) is 12.6. The molecule has 0 saturated heterocycles. The van der Waals surface area contributed by atoms with Crippen LogP contribution in [-0.4, -0.2) is 21.0 Å². The molecule has 26 heavy (non-hydrogen) atoms. The zero-order valence-corrected chi connectivity index (χ0v) is 15.4. The number of nitrogens with one attached hydrogen (secondary N) is 1. The Labute approximate surface area is 155 Å². The zero-order chi connectivity index (χ0) is 18.3. The molecule has 3 aromatic rings. The number of nitrogens with zero attached hydrogens (tertiary/aromatic N) is 2. The number of fused-ring (bicyclic) bond motifs is 1. The third kappa shape index (κ3) is 2.66. The topological polar surface area (TPSA) is 56.0 Å². The van der Waals surface area contributed by atoms with Gasteiger partial charge >= 0.3 is 0 Å². The standard InChI is InChI=1S/C20H19N3O2S/c1-13-18(20(25)23(22(13)2)14-8-4-3-5-9-14)21-19(24)16-12-26-17-11-7-6-10-15(16)17/h3-11,16H,12H2,1-2H3,(H,21,24)/t16-/m1/s1. The first-order valence-corrected chi connectivity index (χ1v) is 9.43. The van der Waals surface area contributed by atoms with Crippen molar-refractivity contribution in [3.05, 3.63) is 76.2 Å². The molecule has 5 nitrogen and oxygen atoms in total. The molecule has 1 amide bonds. The van der Waals surface area contributed by atoms with Crippen molar-refractivity contribution in [1.29, 1.82) is 0 Å². The normalized spacial score (nSPS) is 15.7. The number of benzene rings is 2. The molecule has 0 bridgehead atoms. The van der Waals surface area contributed by atoms with E-state index in [1.165, 1.54) is 0 Å². The van der Waals surface area contributed by atoms with E-state index in [9.17, 15) is 9.59 Å². The van der Waals surface area contributed by atoms with Gasteiger partial charge in [0, 0.05) is 17.7 Å². The molecule has 0 radical (unpaired) electrons. The summed E-state index contributed by atoms with van der Waals surface area (Å²) in [6.45, 7) is 1.84. The molecule has 6 heteroatoms. The number of amides is 1. The average Bonchev–Trinajstić information content (AvgIpc) is 3.18. The van der Waals surface area contributed by atoms with Gasteiger partial charge in [0.25, 0.3) is 5.56 Å². The Morgan fingerprint density at radius 3 is 2.58 bits per heavy atom. The minimum atomic E-state index is -0.236. The van der Waals surface area contributed by atoms with Crippen molar-refractivity contribution in [3.8, 4) is 5.69 Å². The lowest BCUT2D eigenvalue weighted by Crippen LogP contribution is -2.26. The number of aromatic nitrogens is 2. The van der Waals surface area contributed by atoms with E-state index in [0.717, 1.165) is 21.8 Å². The van der Waals surface area contributed by atoms with Crippen LogP contribution < -0.4 is 10.9 Å². The summed E-state index contributed by atoms with van der Waals surface area (Å²) in [6, 6.07) is 17.4. The molecule has 132 valence electrons. The van der Waals surface area contributed by atoms with Gasteiger partial charge in [-0.1, -0.05) is 36.4 Å². The van der Waals surface area contributed by atoms with Gasteiger partial charge in [-0.3, -0.25) is 14.3 Å². The van der Waals surface area contributed by atoms with E-state index in [-0.39, 0.29) is 17.4 Å². The second-order valence-electron chi connectivity index (χ2n) is 6.33. The van der Waals surface area contributed by atoms with Gasteiger partial charge in [0.05, 0.1) is 17.3 Å². The number of para-hydroxylation sites is 1. The van der Waals surface area contributed by atoms with Gasteiger partial charge in [-0.25, -0.2) is 4.68 Å². The van der Waals surface area contributed by atoms with Crippen molar-refractivity contribution < 1.29 is 4.79 Å². The van der Waals surface area contributed by atoms with Gasteiger partial charge in [0.1, 0.15) is 5.69 Å². The Morgan fingerprint density at radius 1 is 1.12 bits per heavy atom. The second kappa shape index (κ2) is 6.53. The number of carbonyl (C=O) groups excluding carboxylic acids is 1. The lowest BCUT2D eigenvalue weighted by molar-refractivity contribution is -0.117. The molecule has 0 spiro atoms. The molecule has 1 aromatic heterocycles. The first kappa shape index (κ1) is 16.7. The van der Waals surface area contributed by atoms with Gasteiger partial charge in [-0.15, -0.1) is 11.8 Å². The molecule has 2 aromatic carbocycles. The summed E-state index contributed by atoms with van der Waals surface area (Å²) in [4.78, 5) is 26.9. The molecule has 1 aliphatic rings. The zero-order valence-electron chi connectivity index (χ0n) is 14.6. The van der Waals surface area contributed by atoms with Crippen LogP contribution in [0, 0.1) is 6.92 Å². The van der Waals surface area contributed by atoms with Crippen LogP contribution in [0.3, 0.4) is 0 Å². The van der Waals surface area contributed by atoms with Crippen LogP contribution in [0.5, 0.6) is 0 Å². The van der Waals surface area contributed by atoms with Crippen LogP contribution in [0.25, 0.3) is 5.69 Å². The highest BCUT2D eigenvalue weighted by molar-refractivity contribution is 7.99. The van der Waals surface area contributed by atoms with Crippen molar-refractivity contribution >= 4 is 23.4 Å². The highest BCUT2D eigenvalue weighted by Gasteiger charge is 2.30. The maximum absolute atomic E-state index is 12.9. The summed E-state index contributed by atoms with van der Waals surface area (Å²) in [6.07, 6.45) is 0. The third-order valence-electron chi connectivity index (χ3n) is 4.82. The molecular weight excluding hydrogens is 346 g/mol. The first-order valence-electron chi connectivity index (χ1n) is 8.44. The molecule has 2 heterocycles. The predicted molar refractivity (Wildman–Crippen MR) is 104 cm³/mol. The predicted octanol–water partition coefficient (Wildman–Crippen LogP) is 3.31. The highest BCUT2D eigenvalue weighted by atomic mass is 32.2. The molecular formula is C20H19N3O2S. The van der Waals surface area contributed by atoms with E-state index in [4.69, 9.17) is 0 Å². The lowest BCUT2D eigenvalue weighted by Gasteiger charge is -2.10. The SMILES string of the molecule is Cc1c(NC(=O)[C@@H]2CSc3ccccc32)c(=O)n(-c2ccccc2)n1C. The van der Waals surface area contributed by atoms with E-state index in [1.807, 2.05) is 68.6 Å². The Balaban J connectivity index is 1.68. The summed E-state index contributed by atoms with van der Waals surface area (Å²) in [5.74, 6) is 0.332. The maximum atomic E-state index is 12.9. The summed E-state index contributed by atoms with van der Waals surface area (Å²) in [7, 11) is 1.82. The summed E-state index contributed by atoms with van der Waals surface area (Å²) >= 11 is 1.68. The van der Waals surface area contributed by atoms with E-state index in [2.05, 4.69) is 5.32 Å². The monoisotopic (exact) mass is 365 g/mol. The van der Waals surface area contributed by atoms with Gasteiger partial charge in [-0.2, -0.15) is 0 Å². The van der Waals surface area contributed by atoms with Crippen LogP contribution in [0.15, 0.2) is 64.3 Å². The minimum absolute atomic E-state index is 0.131. The van der Waals surface area contributed by atoms with Gasteiger partial charge in [0.15, 0.2) is 0 Å². The van der Waals surface area contributed by atoms with Crippen LogP contribution in [0.4, 0.5) is 5.69 Å². The quantitative estimate of drug-likeness (QED) is 0.775. The largest absolute Gasteiger partial charge is 0.319 e. The van der Waals surface area contributed by atoms with Gasteiger partial charge < -0.3 is 5.32 Å². The average molecular weight is 365 g/mol. The second-order valence-corrected chi connectivity index (χ2v) is 7.39. The number of hydrogen-bond donors (Lipinski definition) is 1. The van der Waals surface area contributed by atoms with Crippen LogP contribution in [-0.2, 0) is 11.8 Å². The molecule has 1 atom stereocenters. The molecule has 1 N–H and O–H groups in total. The number of anilines is 1. The van der Waals surface area contributed by atoms with Crippen molar-refractivity contribution in [2.24, 2.45) is 7.05 Å². The lowest BCUT2D eigenvalue weighted by atomic mass is 10.0. The molecule has 0 unspecified atom stereocenters. The highest BCUT2D eigenvalue weighted by Crippen LogP contribution is 2.39. The number of rotatable bonds is 3. The van der Waals surface area contributed by atoms with Crippen molar-refractivity contribution in [2.75, 3.05) is 11.1 Å². The Morgan fingerprint density at radius 2 is 1.81 bits per heavy atom. The molecule has 1 aliphatic heterocycles. The van der Waals surface area contributed by atoms with Crippen LogP contribution in [0.2, 0.25) is 0 Å². The molecule has 0 fully saturated rings. The Bertz CT molecular complexity index is 1040. The third-order valence-corrected chi connectivity index (χ3v) is 6.00. The summed E-state index contributed by atoms with van der Waals surface area (Å²) < 4.78 is 3.34. The molecule has 4 rings (SSSR count). The van der Waals surface area contributed by atoms with E-state index in [1.54, 1.807) is 21.1 Å². The van der Waals surface area contributed by atoms with Crippen LogP contribution >= 0.6 is 11.8 Å². The fourth-order valence-electron chi connectivity index (χ4n) is 3.30. The van der Waals surface area contributed by atoms with E-state index in [0.29, 0.717) is 11.4 Å². The van der Waals surface area contributed by atoms with Crippen LogP contribution in [0.1, 0.15) is 17.2 Å². The minimum Gasteiger partial charge on any atom is -0.319 e. The number of carbonyl (C=O) groups is 1. The summed E-state index contributed by atoms with van der Waals surface area (Å²) in [5, 5.41) is 2.89. The Hall–Kier alpha value is -2.73. The molecule has 0 aliphatic carbocycles. The van der Waals surface area contributed by atoms with Gasteiger partial charge in [-0.05, 0) is 30.7 Å².